The number of para-hydroxylation sites is 1. The number of carbonyl (C=O) groups is 1. The molecule has 1 aliphatic heterocycles. The van der Waals surface area contributed by atoms with Crippen LogP contribution in [0.3, 0.4) is 0 Å². The van der Waals surface area contributed by atoms with Crippen molar-refractivity contribution < 1.29 is 9.53 Å². The van der Waals surface area contributed by atoms with E-state index in [1.807, 2.05) is 30.3 Å². The molecular weight excluding hydrogens is 394 g/mol. The lowest BCUT2D eigenvalue weighted by Crippen LogP contribution is -2.38. The number of benzene rings is 2. The molecule has 4 rings (SSSR count). The third-order valence-electron chi connectivity index (χ3n) is 5.22. The summed E-state index contributed by atoms with van der Waals surface area (Å²) in [4.78, 5) is 21.2. The fourth-order valence-corrected chi connectivity index (χ4v) is 4.38. The summed E-state index contributed by atoms with van der Waals surface area (Å²) in [5.41, 5.74) is 2.75. The van der Waals surface area contributed by atoms with Crippen molar-refractivity contribution in [3.05, 3.63) is 65.7 Å². The fourth-order valence-electron chi connectivity index (χ4n) is 3.54. The van der Waals surface area contributed by atoms with Gasteiger partial charge in [0.1, 0.15) is 5.03 Å². The minimum Gasteiger partial charge on any atom is -0.379 e. The zero-order valence-electron chi connectivity index (χ0n) is 17.3. The number of fused-ring (bicyclic) bond motifs is 1. The van der Waals surface area contributed by atoms with Crippen LogP contribution in [0.5, 0.6) is 0 Å². The average Bonchev–Trinajstić information content (AvgIpc) is 2.78. The number of hydrogen-bond donors (Lipinski definition) is 1. The second kappa shape index (κ2) is 10.1. The summed E-state index contributed by atoms with van der Waals surface area (Å²) >= 11 is 1.58. The van der Waals surface area contributed by atoms with Crippen LogP contribution in [0, 0.1) is 6.92 Å². The molecule has 2 heterocycles. The molecule has 3 aromatic rings. The SMILES string of the molecule is Cc1ccc(Sc2cc(C(=O)NCCCN3CCOCC3)c3ccccc3n2)cc1. The highest BCUT2D eigenvalue weighted by atomic mass is 32.2. The van der Waals surface area contributed by atoms with E-state index in [0.717, 1.165) is 60.1 Å². The molecule has 1 amide bonds. The van der Waals surface area contributed by atoms with Crippen LogP contribution >= 0.6 is 11.8 Å². The summed E-state index contributed by atoms with van der Waals surface area (Å²) in [5.74, 6) is -0.0404. The van der Waals surface area contributed by atoms with Crippen molar-refractivity contribution in [2.45, 2.75) is 23.3 Å². The largest absolute Gasteiger partial charge is 0.379 e. The van der Waals surface area contributed by atoms with Crippen LogP contribution in [0.1, 0.15) is 22.3 Å². The number of ether oxygens (including phenoxy) is 1. The maximum absolute atomic E-state index is 13.0. The fraction of sp³-hybridized carbons (Fsp3) is 0.333. The van der Waals surface area contributed by atoms with Crippen molar-refractivity contribution in [1.82, 2.24) is 15.2 Å². The van der Waals surface area contributed by atoms with Crippen molar-refractivity contribution in [1.29, 1.82) is 0 Å². The normalized spacial score (nSPS) is 14.7. The first-order valence-electron chi connectivity index (χ1n) is 10.4. The monoisotopic (exact) mass is 421 g/mol. The number of rotatable bonds is 7. The number of amides is 1. The molecule has 0 unspecified atom stereocenters. The Balaban J connectivity index is 1.45. The van der Waals surface area contributed by atoms with Gasteiger partial charge in [-0.2, -0.15) is 0 Å². The van der Waals surface area contributed by atoms with Gasteiger partial charge in [0.05, 0.1) is 24.3 Å². The van der Waals surface area contributed by atoms with E-state index in [9.17, 15) is 4.79 Å². The zero-order chi connectivity index (χ0) is 20.8. The van der Waals surface area contributed by atoms with Crippen molar-refractivity contribution in [3.8, 4) is 0 Å². The Bertz CT molecular complexity index is 1000. The summed E-state index contributed by atoms with van der Waals surface area (Å²) in [6, 6.07) is 18.1. The Morgan fingerprint density at radius 3 is 2.70 bits per heavy atom. The third-order valence-corrected chi connectivity index (χ3v) is 6.15. The van der Waals surface area contributed by atoms with Crippen LogP contribution < -0.4 is 5.32 Å². The van der Waals surface area contributed by atoms with Crippen LogP contribution in [0.4, 0.5) is 0 Å². The predicted octanol–water partition coefficient (Wildman–Crippen LogP) is 4.15. The summed E-state index contributed by atoms with van der Waals surface area (Å²) in [6.07, 6.45) is 0.930. The molecule has 156 valence electrons. The molecule has 5 nitrogen and oxygen atoms in total. The topological polar surface area (TPSA) is 54.5 Å². The number of aryl methyl sites for hydroxylation is 1. The molecule has 0 atom stereocenters. The summed E-state index contributed by atoms with van der Waals surface area (Å²) < 4.78 is 5.38. The molecule has 0 spiro atoms. The van der Waals surface area contributed by atoms with Crippen LogP contribution in [0.2, 0.25) is 0 Å². The van der Waals surface area contributed by atoms with E-state index in [1.165, 1.54) is 5.56 Å². The first-order chi connectivity index (χ1) is 14.7. The predicted molar refractivity (Wildman–Crippen MR) is 121 cm³/mol. The Kier molecular flexibility index (Phi) is 7.00. The number of nitrogens with zero attached hydrogens (tertiary/aromatic N) is 2. The standard InChI is InChI=1S/C24H27N3O2S/c1-18-7-9-19(10-8-18)30-23-17-21(20-5-2-3-6-22(20)26-23)24(28)25-11-4-12-27-13-15-29-16-14-27/h2-3,5-10,17H,4,11-16H2,1H3,(H,25,28). The van der Waals surface area contributed by atoms with Gasteiger partial charge in [0.15, 0.2) is 0 Å². The molecule has 0 bridgehead atoms. The van der Waals surface area contributed by atoms with E-state index in [1.54, 1.807) is 11.8 Å². The molecule has 1 N–H and O–H groups in total. The van der Waals surface area contributed by atoms with Gasteiger partial charge in [-0.15, -0.1) is 0 Å². The minimum atomic E-state index is -0.0404. The van der Waals surface area contributed by atoms with E-state index >= 15 is 0 Å². The van der Waals surface area contributed by atoms with E-state index in [4.69, 9.17) is 9.72 Å². The van der Waals surface area contributed by atoms with Gasteiger partial charge in [0.2, 0.25) is 0 Å². The molecule has 1 saturated heterocycles. The van der Waals surface area contributed by atoms with Gasteiger partial charge in [-0.05, 0) is 44.2 Å². The number of hydrogen-bond acceptors (Lipinski definition) is 5. The maximum atomic E-state index is 13.0. The first kappa shape index (κ1) is 20.8. The molecule has 1 aliphatic rings. The maximum Gasteiger partial charge on any atom is 0.252 e. The van der Waals surface area contributed by atoms with Gasteiger partial charge in [0, 0.05) is 29.9 Å². The first-order valence-corrected chi connectivity index (χ1v) is 11.2. The second-order valence-electron chi connectivity index (χ2n) is 7.50. The van der Waals surface area contributed by atoms with Gasteiger partial charge >= 0.3 is 0 Å². The smallest absolute Gasteiger partial charge is 0.252 e. The highest BCUT2D eigenvalue weighted by Crippen LogP contribution is 2.30. The molecular formula is C24H27N3O2S. The minimum absolute atomic E-state index is 0.0404. The second-order valence-corrected chi connectivity index (χ2v) is 8.60. The van der Waals surface area contributed by atoms with E-state index in [-0.39, 0.29) is 5.91 Å². The Hall–Kier alpha value is -2.41. The molecule has 30 heavy (non-hydrogen) atoms. The lowest BCUT2D eigenvalue weighted by Gasteiger charge is -2.26. The number of morpholine rings is 1. The highest BCUT2D eigenvalue weighted by Gasteiger charge is 2.14. The van der Waals surface area contributed by atoms with Gasteiger partial charge in [-0.1, -0.05) is 47.7 Å². The molecule has 0 saturated carbocycles. The van der Waals surface area contributed by atoms with E-state index in [0.29, 0.717) is 12.1 Å². The highest BCUT2D eigenvalue weighted by molar-refractivity contribution is 7.99. The lowest BCUT2D eigenvalue weighted by atomic mass is 10.1. The molecule has 6 heteroatoms. The molecule has 0 aliphatic carbocycles. The van der Waals surface area contributed by atoms with Crippen molar-refractivity contribution in [2.75, 3.05) is 39.4 Å². The summed E-state index contributed by atoms with van der Waals surface area (Å²) in [5, 5.41) is 4.81. The van der Waals surface area contributed by atoms with Crippen LogP contribution in [0.15, 0.2) is 64.5 Å². The Morgan fingerprint density at radius 1 is 1.13 bits per heavy atom. The quantitative estimate of drug-likeness (QED) is 0.581. The Morgan fingerprint density at radius 2 is 1.90 bits per heavy atom. The average molecular weight is 422 g/mol. The zero-order valence-corrected chi connectivity index (χ0v) is 18.1. The molecule has 0 radical (unpaired) electrons. The van der Waals surface area contributed by atoms with Crippen LogP contribution in [-0.2, 0) is 4.74 Å². The number of carbonyl (C=O) groups excluding carboxylic acids is 1. The molecule has 2 aromatic carbocycles. The Labute approximate surface area is 181 Å². The van der Waals surface area contributed by atoms with Gasteiger partial charge in [0.25, 0.3) is 5.91 Å². The van der Waals surface area contributed by atoms with Gasteiger partial charge < -0.3 is 10.1 Å². The van der Waals surface area contributed by atoms with Crippen LogP contribution in [0.25, 0.3) is 10.9 Å². The lowest BCUT2D eigenvalue weighted by molar-refractivity contribution is 0.0374. The van der Waals surface area contributed by atoms with E-state index in [2.05, 4.69) is 41.4 Å². The number of pyridine rings is 1. The molecule has 1 fully saturated rings. The van der Waals surface area contributed by atoms with Gasteiger partial charge in [-0.25, -0.2) is 4.98 Å². The van der Waals surface area contributed by atoms with Crippen molar-refractivity contribution in [3.63, 3.8) is 0 Å². The van der Waals surface area contributed by atoms with Crippen molar-refractivity contribution in [2.24, 2.45) is 0 Å². The summed E-state index contributed by atoms with van der Waals surface area (Å²) in [6.45, 7) is 7.27. The van der Waals surface area contributed by atoms with E-state index < -0.39 is 0 Å². The third kappa shape index (κ3) is 5.39. The van der Waals surface area contributed by atoms with Crippen molar-refractivity contribution >= 4 is 28.6 Å². The number of aromatic nitrogens is 1. The number of nitrogens with one attached hydrogen (secondary N) is 1. The van der Waals surface area contributed by atoms with Gasteiger partial charge in [-0.3, -0.25) is 9.69 Å². The van der Waals surface area contributed by atoms with Crippen LogP contribution in [-0.4, -0.2) is 55.2 Å². The molecule has 1 aromatic heterocycles. The summed E-state index contributed by atoms with van der Waals surface area (Å²) in [7, 11) is 0.